The molecule has 3 rings (SSSR count). The van der Waals surface area contributed by atoms with E-state index in [1.807, 2.05) is 37.3 Å². The average Bonchev–Trinajstić information content (AvgIpc) is 3.01. The van der Waals surface area contributed by atoms with Crippen molar-refractivity contribution >= 4 is 11.3 Å². The lowest BCUT2D eigenvalue weighted by atomic mass is 10.0. The first-order valence-corrected chi connectivity index (χ1v) is 7.66. The molecular weight excluding hydrogens is 296 g/mol. The van der Waals surface area contributed by atoms with E-state index in [0.717, 1.165) is 38.2 Å². The Morgan fingerprint density at radius 3 is 2.41 bits per heavy atom. The number of aromatic nitrogens is 2. The summed E-state index contributed by atoms with van der Waals surface area (Å²) in [7, 11) is 3.31. The van der Waals surface area contributed by atoms with Crippen LogP contribution in [0.3, 0.4) is 0 Å². The maximum atomic E-state index is 5.49. The predicted octanol–water partition coefficient (Wildman–Crippen LogP) is 4.20. The third-order valence-corrected chi connectivity index (χ3v) is 4.24. The molecule has 1 aromatic heterocycles. The quantitative estimate of drug-likeness (QED) is 0.724. The number of hydrogen-bond acceptors (Lipinski definition) is 5. The Bertz CT molecular complexity index is 799. The first kappa shape index (κ1) is 14.5. The summed E-state index contributed by atoms with van der Waals surface area (Å²) in [5.74, 6) is 1.56. The van der Waals surface area contributed by atoms with Gasteiger partial charge in [-0.1, -0.05) is 29.5 Å². The van der Waals surface area contributed by atoms with E-state index in [9.17, 15) is 0 Å². The van der Waals surface area contributed by atoms with E-state index >= 15 is 0 Å². The summed E-state index contributed by atoms with van der Waals surface area (Å²) in [5, 5.41) is 10.2. The Hall–Kier alpha value is -2.40. The second-order valence-electron chi connectivity index (χ2n) is 4.77. The molecule has 2 aromatic carbocycles. The van der Waals surface area contributed by atoms with Crippen LogP contribution in [-0.2, 0) is 0 Å². The normalized spacial score (nSPS) is 10.5. The van der Waals surface area contributed by atoms with Crippen molar-refractivity contribution in [2.75, 3.05) is 14.2 Å². The smallest absolute Gasteiger partial charge is 0.147 e. The molecule has 0 unspecified atom stereocenters. The Labute approximate surface area is 133 Å². The summed E-state index contributed by atoms with van der Waals surface area (Å²) in [5.41, 5.74) is 3.15. The minimum absolute atomic E-state index is 0.775. The molecular formula is C17H16N2O2S. The highest BCUT2D eigenvalue weighted by molar-refractivity contribution is 7.14. The summed E-state index contributed by atoms with van der Waals surface area (Å²) < 4.78 is 10.7. The van der Waals surface area contributed by atoms with Crippen molar-refractivity contribution in [1.29, 1.82) is 0 Å². The van der Waals surface area contributed by atoms with Crippen LogP contribution in [0.25, 0.3) is 21.7 Å². The van der Waals surface area contributed by atoms with Gasteiger partial charge in [0.05, 0.1) is 14.2 Å². The van der Waals surface area contributed by atoms with Gasteiger partial charge in [-0.3, -0.25) is 0 Å². The number of benzene rings is 2. The van der Waals surface area contributed by atoms with Gasteiger partial charge in [0.15, 0.2) is 0 Å². The van der Waals surface area contributed by atoms with E-state index in [1.54, 1.807) is 25.6 Å². The number of methoxy groups -OCH3 is 2. The van der Waals surface area contributed by atoms with Gasteiger partial charge in [-0.25, -0.2) is 0 Å². The maximum Gasteiger partial charge on any atom is 0.147 e. The number of nitrogens with zero attached hydrogens (tertiary/aromatic N) is 2. The highest BCUT2D eigenvalue weighted by Gasteiger charge is 2.10. The molecule has 0 bridgehead atoms. The van der Waals surface area contributed by atoms with Crippen molar-refractivity contribution in [1.82, 2.24) is 10.2 Å². The zero-order chi connectivity index (χ0) is 15.5. The molecule has 22 heavy (non-hydrogen) atoms. The van der Waals surface area contributed by atoms with Crippen molar-refractivity contribution < 1.29 is 9.47 Å². The number of aryl methyl sites for hydroxylation is 1. The van der Waals surface area contributed by atoms with E-state index in [2.05, 4.69) is 22.3 Å². The van der Waals surface area contributed by atoms with Gasteiger partial charge < -0.3 is 9.47 Å². The molecule has 0 atom stereocenters. The molecule has 3 aromatic rings. The molecule has 4 nitrogen and oxygen atoms in total. The Morgan fingerprint density at radius 2 is 1.73 bits per heavy atom. The molecule has 0 aliphatic rings. The predicted molar refractivity (Wildman–Crippen MR) is 88.6 cm³/mol. The molecule has 0 saturated heterocycles. The fourth-order valence-electron chi connectivity index (χ4n) is 2.27. The number of ether oxygens (including phenoxy) is 2. The molecule has 0 aliphatic carbocycles. The molecule has 5 heteroatoms. The van der Waals surface area contributed by atoms with Crippen LogP contribution in [0.4, 0.5) is 0 Å². The Morgan fingerprint density at radius 1 is 0.909 bits per heavy atom. The van der Waals surface area contributed by atoms with Gasteiger partial charge in [0, 0.05) is 17.2 Å². The number of hydrogen-bond donors (Lipinski definition) is 0. The second-order valence-corrected chi connectivity index (χ2v) is 5.95. The molecule has 0 amide bonds. The lowest BCUT2D eigenvalue weighted by molar-refractivity contribution is 0.395. The zero-order valence-electron chi connectivity index (χ0n) is 12.7. The minimum Gasteiger partial charge on any atom is -0.497 e. The highest BCUT2D eigenvalue weighted by atomic mass is 32.1. The van der Waals surface area contributed by atoms with Crippen LogP contribution in [0.15, 0.2) is 42.5 Å². The van der Waals surface area contributed by atoms with Gasteiger partial charge in [-0.2, -0.15) is 0 Å². The largest absolute Gasteiger partial charge is 0.497 e. The standard InChI is InChI=1S/C17H16N2O2S/c1-11-18-19-17(22-11)13-6-4-5-12(9-13)15-8-7-14(20-2)10-16(15)21-3/h4-10H,1-3H3. The first-order chi connectivity index (χ1) is 10.7. The van der Waals surface area contributed by atoms with E-state index in [0.29, 0.717) is 0 Å². The van der Waals surface area contributed by atoms with Crippen LogP contribution >= 0.6 is 11.3 Å². The molecule has 0 saturated carbocycles. The van der Waals surface area contributed by atoms with Crippen LogP contribution < -0.4 is 9.47 Å². The second kappa shape index (κ2) is 6.15. The lowest BCUT2D eigenvalue weighted by Gasteiger charge is -2.11. The van der Waals surface area contributed by atoms with Crippen LogP contribution in [0.2, 0.25) is 0 Å². The van der Waals surface area contributed by atoms with Gasteiger partial charge in [0.25, 0.3) is 0 Å². The molecule has 0 radical (unpaired) electrons. The molecule has 0 aliphatic heterocycles. The van der Waals surface area contributed by atoms with Crippen molar-refractivity contribution in [2.45, 2.75) is 6.92 Å². The SMILES string of the molecule is COc1ccc(-c2cccc(-c3nnc(C)s3)c2)c(OC)c1. The molecule has 0 fully saturated rings. The van der Waals surface area contributed by atoms with E-state index < -0.39 is 0 Å². The lowest BCUT2D eigenvalue weighted by Crippen LogP contribution is -1.90. The molecule has 112 valence electrons. The average molecular weight is 312 g/mol. The van der Waals surface area contributed by atoms with Crippen LogP contribution in [0, 0.1) is 6.92 Å². The summed E-state index contributed by atoms with van der Waals surface area (Å²) in [6, 6.07) is 14.0. The van der Waals surface area contributed by atoms with Gasteiger partial charge in [0.1, 0.15) is 21.5 Å². The maximum absolute atomic E-state index is 5.49. The summed E-state index contributed by atoms with van der Waals surface area (Å²) in [4.78, 5) is 0. The number of rotatable bonds is 4. The van der Waals surface area contributed by atoms with Crippen LogP contribution in [0.1, 0.15) is 5.01 Å². The molecule has 0 N–H and O–H groups in total. The van der Waals surface area contributed by atoms with Crippen molar-refractivity contribution in [3.63, 3.8) is 0 Å². The van der Waals surface area contributed by atoms with Crippen LogP contribution in [-0.4, -0.2) is 24.4 Å². The fourth-order valence-corrected chi connectivity index (χ4v) is 2.96. The summed E-state index contributed by atoms with van der Waals surface area (Å²) in [6.45, 7) is 1.96. The topological polar surface area (TPSA) is 44.2 Å². The minimum atomic E-state index is 0.775. The summed E-state index contributed by atoms with van der Waals surface area (Å²) >= 11 is 1.59. The Balaban J connectivity index is 2.05. The van der Waals surface area contributed by atoms with E-state index in [4.69, 9.17) is 9.47 Å². The monoisotopic (exact) mass is 312 g/mol. The van der Waals surface area contributed by atoms with Gasteiger partial charge in [-0.05, 0) is 30.7 Å². The fraction of sp³-hybridized carbons (Fsp3) is 0.176. The zero-order valence-corrected chi connectivity index (χ0v) is 13.5. The van der Waals surface area contributed by atoms with E-state index in [1.165, 1.54) is 0 Å². The first-order valence-electron chi connectivity index (χ1n) is 6.84. The van der Waals surface area contributed by atoms with Crippen molar-refractivity contribution in [3.8, 4) is 33.2 Å². The Kier molecular flexibility index (Phi) is 4.06. The molecule has 0 spiro atoms. The van der Waals surface area contributed by atoms with Crippen molar-refractivity contribution in [3.05, 3.63) is 47.5 Å². The van der Waals surface area contributed by atoms with Crippen LogP contribution in [0.5, 0.6) is 11.5 Å². The van der Waals surface area contributed by atoms with Gasteiger partial charge >= 0.3 is 0 Å². The third kappa shape index (κ3) is 2.80. The highest BCUT2D eigenvalue weighted by Crippen LogP contribution is 2.35. The van der Waals surface area contributed by atoms with E-state index in [-0.39, 0.29) is 0 Å². The van der Waals surface area contributed by atoms with Gasteiger partial charge in [0.2, 0.25) is 0 Å². The summed E-state index contributed by atoms with van der Waals surface area (Å²) in [6.07, 6.45) is 0. The third-order valence-electron chi connectivity index (χ3n) is 3.36. The van der Waals surface area contributed by atoms with Crippen molar-refractivity contribution in [2.24, 2.45) is 0 Å². The van der Waals surface area contributed by atoms with Gasteiger partial charge in [-0.15, -0.1) is 10.2 Å². The molecule has 1 heterocycles.